The Kier molecular flexibility index (Phi) is 7.80. The van der Waals surface area contributed by atoms with Crippen LogP contribution in [-0.2, 0) is 4.79 Å². The number of carbonyl (C=O) groups excluding carboxylic acids is 1. The van der Waals surface area contributed by atoms with Crippen LogP contribution in [0.3, 0.4) is 0 Å². The van der Waals surface area contributed by atoms with Crippen molar-refractivity contribution in [1.29, 1.82) is 0 Å². The maximum atomic E-state index is 13.3. The summed E-state index contributed by atoms with van der Waals surface area (Å²) in [6.07, 6.45) is 0.670. The number of nitrogens with zero attached hydrogens (tertiary/aromatic N) is 1. The molecule has 3 aromatic rings. The van der Waals surface area contributed by atoms with E-state index in [0.717, 1.165) is 11.3 Å². The fourth-order valence-corrected chi connectivity index (χ4v) is 3.63. The highest BCUT2D eigenvalue weighted by Crippen LogP contribution is 2.28. The third kappa shape index (κ3) is 5.79. The molecule has 0 saturated carbocycles. The average molecular weight is 446 g/mol. The zero-order chi connectivity index (χ0) is 21.5. The summed E-state index contributed by atoms with van der Waals surface area (Å²) >= 11 is 12.2. The van der Waals surface area contributed by atoms with Crippen molar-refractivity contribution in [3.8, 4) is 0 Å². The Morgan fingerprint density at radius 2 is 1.67 bits per heavy atom. The molecule has 1 amide bonds. The number of hydrogen-bond acceptors (Lipinski definition) is 3. The van der Waals surface area contributed by atoms with Crippen molar-refractivity contribution in [2.45, 2.75) is 18.4 Å². The fourth-order valence-electron chi connectivity index (χ4n) is 3.33. The van der Waals surface area contributed by atoms with Crippen LogP contribution >= 0.6 is 23.2 Å². The van der Waals surface area contributed by atoms with Gasteiger partial charge in [-0.05, 0) is 60.5 Å². The molecule has 0 aliphatic rings. The predicted molar refractivity (Wildman–Crippen MR) is 118 cm³/mol. The second kappa shape index (κ2) is 10.5. The number of carbonyl (C=O) groups is 1. The molecule has 0 saturated heterocycles. The third-order valence-corrected chi connectivity index (χ3v) is 5.32. The van der Waals surface area contributed by atoms with E-state index in [-0.39, 0.29) is 17.6 Å². The highest BCUT2D eigenvalue weighted by molar-refractivity contribution is 6.30. The second-order valence-electron chi connectivity index (χ2n) is 6.83. The van der Waals surface area contributed by atoms with E-state index in [9.17, 15) is 9.18 Å². The van der Waals surface area contributed by atoms with E-state index in [4.69, 9.17) is 23.2 Å². The first-order chi connectivity index (χ1) is 14.5. The van der Waals surface area contributed by atoms with Crippen LogP contribution in [0.15, 0.2) is 66.7 Å². The summed E-state index contributed by atoms with van der Waals surface area (Å²) in [4.78, 5) is 16.9. The molecule has 7 heteroatoms. The number of nitrogens with one attached hydrogen (secondary N) is 2. The van der Waals surface area contributed by atoms with E-state index in [2.05, 4.69) is 15.6 Å². The van der Waals surface area contributed by atoms with Crippen molar-refractivity contribution in [2.24, 2.45) is 0 Å². The first-order valence-electron chi connectivity index (χ1n) is 9.56. The minimum Gasteiger partial charge on any atom is -0.358 e. The summed E-state index contributed by atoms with van der Waals surface area (Å²) in [5.41, 5.74) is 2.58. The van der Waals surface area contributed by atoms with E-state index >= 15 is 0 Å². The van der Waals surface area contributed by atoms with Crippen LogP contribution in [0, 0.1) is 5.82 Å². The largest absolute Gasteiger partial charge is 0.358 e. The lowest BCUT2D eigenvalue weighted by atomic mass is 9.91. The molecule has 0 bridgehead atoms. The smallest absolute Gasteiger partial charge is 0.241 e. The van der Waals surface area contributed by atoms with Crippen molar-refractivity contribution in [3.05, 3.63) is 99.5 Å². The van der Waals surface area contributed by atoms with Crippen LogP contribution in [0.4, 0.5) is 4.39 Å². The molecule has 30 heavy (non-hydrogen) atoms. The molecule has 156 valence electrons. The molecule has 4 nitrogen and oxygen atoms in total. The van der Waals surface area contributed by atoms with E-state index in [1.54, 1.807) is 25.2 Å². The lowest BCUT2D eigenvalue weighted by Gasteiger charge is -2.21. The maximum Gasteiger partial charge on any atom is 0.241 e. The van der Waals surface area contributed by atoms with E-state index in [1.807, 2.05) is 36.4 Å². The van der Waals surface area contributed by atoms with Gasteiger partial charge in [0.15, 0.2) is 0 Å². The number of aromatic nitrogens is 1. The van der Waals surface area contributed by atoms with Crippen molar-refractivity contribution < 1.29 is 9.18 Å². The number of halogens is 3. The summed E-state index contributed by atoms with van der Waals surface area (Å²) in [5.74, 6) is -0.568. The molecule has 0 spiro atoms. The number of rotatable bonds is 8. The van der Waals surface area contributed by atoms with Crippen LogP contribution in [-0.4, -0.2) is 24.5 Å². The van der Waals surface area contributed by atoms with Gasteiger partial charge in [-0.3, -0.25) is 4.79 Å². The van der Waals surface area contributed by atoms with Gasteiger partial charge in [-0.25, -0.2) is 9.37 Å². The monoisotopic (exact) mass is 445 g/mol. The van der Waals surface area contributed by atoms with Crippen LogP contribution in [0.5, 0.6) is 0 Å². The normalized spacial score (nSPS) is 12.9. The van der Waals surface area contributed by atoms with E-state index in [0.29, 0.717) is 28.7 Å². The molecule has 2 N–H and O–H groups in total. The number of pyridine rings is 1. The van der Waals surface area contributed by atoms with Gasteiger partial charge in [0.1, 0.15) is 17.0 Å². The van der Waals surface area contributed by atoms with Crippen LogP contribution in [0.2, 0.25) is 10.2 Å². The molecule has 0 fully saturated rings. The molecule has 0 unspecified atom stereocenters. The van der Waals surface area contributed by atoms with Gasteiger partial charge in [0.2, 0.25) is 5.91 Å². The fraction of sp³-hybridized carbons (Fsp3) is 0.217. The van der Waals surface area contributed by atoms with Crippen LogP contribution in [0.1, 0.15) is 35.2 Å². The molecule has 0 aliphatic heterocycles. The van der Waals surface area contributed by atoms with Gasteiger partial charge in [0.05, 0.1) is 0 Å². The van der Waals surface area contributed by atoms with Crippen molar-refractivity contribution in [3.63, 3.8) is 0 Å². The van der Waals surface area contributed by atoms with Gasteiger partial charge in [-0.1, -0.05) is 53.5 Å². The highest BCUT2D eigenvalue weighted by atomic mass is 35.5. The third-order valence-electron chi connectivity index (χ3n) is 4.86. The standard InChI is InChI=1S/C23H22Cl2FN3O/c1-27-23(30)22(16-7-11-18(26)12-8-16)28-14-13-19(15-5-9-17(24)10-6-15)20-3-2-4-21(25)29-20/h2-12,19,22,28H,13-14H2,1H3,(H,27,30)/t19-,22+/m1/s1. The van der Waals surface area contributed by atoms with Gasteiger partial charge >= 0.3 is 0 Å². The minimum absolute atomic E-state index is 0.0352. The van der Waals surface area contributed by atoms with Gasteiger partial charge in [0.25, 0.3) is 0 Å². The highest BCUT2D eigenvalue weighted by Gasteiger charge is 2.21. The topological polar surface area (TPSA) is 54.0 Å². The Hall–Kier alpha value is -2.47. The zero-order valence-electron chi connectivity index (χ0n) is 16.4. The molecule has 2 atom stereocenters. The summed E-state index contributed by atoms with van der Waals surface area (Å²) in [5, 5.41) is 7.02. The summed E-state index contributed by atoms with van der Waals surface area (Å²) in [6.45, 7) is 0.525. The molecule has 3 rings (SSSR count). The SMILES string of the molecule is CNC(=O)[C@@H](NCC[C@H](c1ccc(Cl)cc1)c1cccc(Cl)n1)c1ccc(F)cc1. The Bertz CT molecular complexity index is 980. The Balaban J connectivity index is 1.79. The Morgan fingerprint density at radius 3 is 2.30 bits per heavy atom. The minimum atomic E-state index is -0.589. The quantitative estimate of drug-likeness (QED) is 0.472. The molecule has 0 radical (unpaired) electrons. The van der Waals surface area contributed by atoms with Gasteiger partial charge in [-0.2, -0.15) is 0 Å². The van der Waals surface area contributed by atoms with Crippen molar-refractivity contribution in [1.82, 2.24) is 15.6 Å². The molecule has 1 heterocycles. The van der Waals surface area contributed by atoms with Crippen molar-refractivity contribution in [2.75, 3.05) is 13.6 Å². The second-order valence-corrected chi connectivity index (χ2v) is 7.65. The molecule has 2 aromatic carbocycles. The molecule has 1 aromatic heterocycles. The predicted octanol–water partition coefficient (Wildman–Crippen LogP) is 5.13. The van der Waals surface area contributed by atoms with Gasteiger partial charge < -0.3 is 10.6 Å². The van der Waals surface area contributed by atoms with Crippen molar-refractivity contribution >= 4 is 29.1 Å². The Morgan fingerprint density at radius 1 is 1.00 bits per heavy atom. The summed E-state index contributed by atoms with van der Waals surface area (Å²) < 4.78 is 13.3. The zero-order valence-corrected chi connectivity index (χ0v) is 17.9. The average Bonchev–Trinajstić information content (AvgIpc) is 2.75. The van der Waals surface area contributed by atoms with Gasteiger partial charge in [-0.15, -0.1) is 0 Å². The summed E-state index contributed by atoms with van der Waals surface area (Å²) in [7, 11) is 1.58. The molecular formula is C23H22Cl2FN3O. The van der Waals surface area contributed by atoms with E-state index in [1.165, 1.54) is 12.1 Å². The lowest BCUT2D eigenvalue weighted by Crippen LogP contribution is -2.36. The summed E-state index contributed by atoms with van der Waals surface area (Å²) in [6, 6.07) is 18.5. The maximum absolute atomic E-state index is 13.3. The number of amides is 1. The van der Waals surface area contributed by atoms with Gasteiger partial charge in [0, 0.05) is 23.7 Å². The van der Waals surface area contributed by atoms with Crippen LogP contribution in [0.25, 0.3) is 0 Å². The lowest BCUT2D eigenvalue weighted by molar-refractivity contribution is -0.122. The first-order valence-corrected chi connectivity index (χ1v) is 10.3. The van der Waals surface area contributed by atoms with Crippen LogP contribution < -0.4 is 10.6 Å². The molecule has 0 aliphatic carbocycles. The Labute approximate surface area is 185 Å². The number of hydrogen-bond donors (Lipinski definition) is 2. The number of likely N-dealkylation sites (N-methyl/N-ethyl adjacent to an activating group) is 1. The first kappa shape index (κ1) is 22.2. The molecular weight excluding hydrogens is 424 g/mol. The van der Waals surface area contributed by atoms with E-state index < -0.39 is 6.04 Å². The number of benzene rings is 2.